The molecule has 5 nitrogen and oxygen atoms in total. The minimum Gasteiger partial charge on any atom is -0.338 e. The molecule has 0 bridgehead atoms. The Bertz CT molecular complexity index is 1070. The fraction of sp³-hybridized carbons (Fsp3) is 0.238. The Labute approximate surface area is 163 Å². The van der Waals surface area contributed by atoms with E-state index in [2.05, 4.69) is 77.9 Å². The zero-order valence-corrected chi connectivity index (χ0v) is 16.8. The number of benzene rings is 1. The summed E-state index contributed by atoms with van der Waals surface area (Å²) < 4.78 is 2.11. The summed E-state index contributed by atoms with van der Waals surface area (Å²) >= 11 is 1.80. The first-order chi connectivity index (χ1) is 13.0. The number of thiophene rings is 1. The molecular formula is C21H23N5S. The second-order valence-corrected chi connectivity index (χ2v) is 8.20. The number of aromatic nitrogens is 3. The molecule has 1 aromatic carbocycles. The summed E-state index contributed by atoms with van der Waals surface area (Å²) in [5, 5.41) is 3.50. The first kappa shape index (κ1) is 17.7. The lowest BCUT2D eigenvalue weighted by Gasteiger charge is -2.14. The predicted molar refractivity (Wildman–Crippen MR) is 113 cm³/mol. The Kier molecular flexibility index (Phi) is 4.68. The van der Waals surface area contributed by atoms with Crippen LogP contribution in [0.5, 0.6) is 0 Å². The Morgan fingerprint density at radius 1 is 1.07 bits per heavy atom. The molecule has 4 rings (SSSR count). The molecule has 4 aromatic rings. The lowest BCUT2D eigenvalue weighted by molar-refractivity contribution is 0.406. The van der Waals surface area contributed by atoms with Crippen molar-refractivity contribution in [3.8, 4) is 10.6 Å². The summed E-state index contributed by atoms with van der Waals surface area (Å²) in [7, 11) is 4.17. The molecule has 0 aliphatic heterocycles. The van der Waals surface area contributed by atoms with E-state index >= 15 is 0 Å². The van der Waals surface area contributed by atoms with E-state index in [0.717, 1.165) is 29.3 Å². The number of hydrogen-bond donors (Lipinski definition) is 1. The molecule has 0 atom stereocenters. The molecular weight excluding hydrogens is 354 g/mol. The molecule has 3 aromatic heterocycles. The molecule has 0 saturated heterocycles. The Morgan fingerprint density at radius 3 is 2.59 bits per heavy atom. The van der Waals surface area contributed by atoms with Crippen molar-refractivity contribution in [2.75, 3.05) is 19.4 Å². The summed E-state index contributed by atoms with van der Waals surface area (Å²) in [5.41, 5.74) is 5.53. The second-order valence-electron chi connectivity index (χ2n) is 7.04. The minimum absolute atomic E-state index is 0.818. The van der Waals surface area contributed by atoms with Crippen molar-refractivity contribution in [2.24, 2.45) is 0 Å². The third-order valence-corrected chi connectivity index (χ3v) is 5.66. The zero-order chi connectivity index (χ0) is 19.0. The summed E-state index contributed by atoms with van der Waals surface area (Å²) in [6.07, 6.45) is 5.64. The van der Waals surface area contributed by atoms with Crippen molar-refractivity contribution < 1.29 is 0 Å². The SMILES string of the molecule is Cc1cccc(C)c1Nc1ncc(-c2ccc(CN(C)C)s2)n2cncc12. The molecule has 0 amide bonds. The van der Waals surface area contributed by atoms with Gasteiger partial charge in [-0.2, -0.15) is 0 Å². The quantitative estimate of drug-likeness (QED) is 0.538. The van der Waals surface area contributed by atoms with Crippen LogP contribution in [0.4, 0.5) is 11.5 Å². The number of anilines is 2. The van der Waals surface area contributed by atoms with E-state index in [9.17, 15) is 0 Å². The van der Waals surface area contributed by atoms with Crippen LogP contribution >= 0.6 is 11.3 Å². The van der Waals surface area contributed by atoms with Crippen LogP contribution in [-0.4, -0.2) is 33.4 Å². The maximum absolute atomic E-state index is 4.73. The van der Waals surface area contributed by atoms with E-state index < -0.39 is 0 Å². The van der Waals surface area contributed by atoms with Gasteiger partial charge in [0.15, 0.2) is 5.82 Å². The first-order valence-electron chi connectivity index (χ1n) is 8.91. The Morgan fingerprint density at radius 2 is 1.85 bits per heavy atom. The van der Waals surface area contributed by atoms with Crippen LogP contribution in [0.2, 0.25) is 0 Å². The molecule has 0 aliphatic carbocycles. The highest BCUT2D eigenvalue weighted by atomic mass is 32.1. The van der Waals surface area contributed by atoms with Crippen LogP contribution in [0.3, 0.4) is 0 Å². The van der Waals surface area contributed by atoms with E-state index in [1.54, 1.807) is 11.3 Å². The van der Waals surface area contributed by atoms with Gasteiger partial charge in [-0.15, -0.1) is 11.3 Å². The van der Waals surface area contributed by atoms with Crippen molar-refractivity contribution in [2.45, 2.75) is 20.4 Å². The van der Waals surface area contributed by atoms with Gasteiger partial charge in [-0.1, -0.05) is 18.2 Å². The van der Waals surface area contributed by atoms with Crippen molar-refractivity contribution in [1.82, 2.24) is 19.3 Å². The van der Waals surface area contributed by atoms with Gasteiger partial charge in [0.1, 0.15) is 5.52 Å². The lowest BCUT2D eigenvalue weighted by atomic mass is 10.1. The molecule has 0 saturated carbocycles. The fourth-order valence-electron chi connectivity index (χ4n) is 3.24. The monoisotopic (exact) mass is 377 g/mol. The van der Waals surface area contributed by atoms with Crippen molar-refractivity contribution >= 4 is 28.4 Å². The highest BCUT2D eigenvalue weighted by molar-refractivity contribution is 7.15. The maximum atomic E-state index is 4.73. The molecule has 6 heteroatoms. The van der Waals surface area contributed by atoms with Crippen LogP contribution in [0.25, 0.3) is 16.1 Å². The van der Waals surface area contributed by atoms with Crippen LogP contribution < -0.4 is 5.32 Å². The number of imidazole rings is 1. The van der Waals surface area contributed by atoms with E-state index in [4.69, 9.17) is 4.98 Å². The van der Waals surface area contributed by atoms with Crippen LogP contribution in [0.1, 0.15) is 16.0 Å². The Hall–Kier alpha value is -2.70. The number of nitrogens with zero attached hydrogens (tertiary/aromatic N) is 4. The second kappa shape index (κ2) is 7.13. The normalized spacial score (nSPS) is 11.4. The summed E-state index contributed by atoms with van der Waals surface area (Å²) in [5.74, 6) is 0.818. The van der Waals surface area contributed by atoms with Gasteiger partial charge in [0.05, 0.1) is 29.3 Å². The highest BCUT2D eigenvalue weighted by Crippen LogP contribution is 2.32. The average Bonchev–Trinajstić information content (AvgIpc) is 3.27. The topological polar surface area (TPSA) is 45.5 Å². The number of nitrogens with one attached hydrogen (secondary N) is 1. The van der Waals surface area contributed by atoms with Crippen LogP contribution in [0, 0.1) is 13.8 Å². The molecule has 3 heterocycles. The number of hydrogen-bond acceptors (Lipinski definition) is 5. The third-order valence-electron chi connectivity index (χ3n) is 4.57. The molecule has 1 N–H and O–H groups in total. The van der Waals surface area contributed by atoms with Gasteiger partial charge in [0.25, 0.3) is 0 Å². The van der Waals surface area contributed by atoms with Crippen LogP contribution in [0.15, 0.2) is 49.1 Å². The van der Waals surface area contributed by atoms with Gasteiger partial charge in [0, 0.05) is 17.1 Å². The average molecular weight is 378 g/mol. The smallest absolute Gasteiger partial charge is 0.156 e. The standard InChI is InChI=1S/C21H23N5S/c1-14-6-5-7-15(2)20(14)24-21-18-10-22-13-26(18)17(11-23-21)19-9-8-16(27-19)12-25(3)4/h5-11,13H,12H2,1-4H3,(H,23,24). The first-order valence-corrected chi connectivity index (χ1v) is 9.72. The number of para-hydroxylation sites is 1. The fourth-order valence-corrected chi connectivity index (χ4v) is 4.37. The van der Waals surface area contributed by atoms with Crippen molar-refractivity contribution in [3.63, 3.8) is 0 Å². The number of rotatable bonds is 5. The molecule has 0 unspecified atom stereocenters. The molecule has 27 heavy (non-hydrogen) atoms. The molecule has 0 radical (unpaired) electrons. The highest BCUT2D eigenvalue weighted by Gasteiger charge is 2.13. The molecule has 0 spiro atoms. The third kappa shape index (κ3) is 3.46. The van der Waals surface area contributed by atoms with Gasteiger partial charge >= 0.3 is 0 Å². The van der Waals surface area contributed by atoms with Gasteiger partial charge in [0.2, 0.25) is 0 Å². The predicted octanol–water partition coefficient (Wildman–Crippen LogP) is 4.88. The van der Waals surface area contributed by atoms with Gasteiger partial charge < -0.3 is 10.2 Å². The van der Waals surface area contributed by atoms with E-state index in [1.165, 1.54) is 20.9 Å². The van der Waals surface area contributed by atoms with E-state index in [-0.39, 0.29) is 0 Å². The maximum Gasteiger partial charge on any atom is 0.156 e. The largest absolute Gasteiger partial charge is 0.338 e. The molecule has 0 aliphatic rings. The van der Waals surface area contributed by atoms with Crippen molar-refractivity contribution in [3.05, 3.63) is 65.1 Å². The van der Waals surface area contributed by atoms with E-state index in [1.807, 2.05) is 18.7 Å². The number of fused-ring (bicyclic) bond motifs is 1. The van der Waals surface area contributed by atoms with Gasteiger partial charge in [-0.3, -0.25) is 4.40 Å². The summed E-state index contributed by atoms with van der Waals surface area (Å²) in [6.45, 7) is 5.15. The Balaban J connectivity index is 1.74. The summed E-state index contributed by atoms with van der Waals surface area (Å²) in [6, 6.07) is 10.6. The van der Waals surface area contributed by atoms with Gasteiger partial charge in [-0.25, -0.2) is 9.97 Å². The van der Waals surface area contributed by atoms with Crippen LogP contribution in [-0.2, 0) is 6.54 Å². The molecule has 138 valence electrons. The minimum atomic E-state index is 0.818. The van der Waals surface area contributed by atoms with Crippen molar-refractivity contribution in [1.29, 1.82) is 0 Å². The lowest BCUT2D eigenvalue weighted by Crippen LogP contribution is -2.09. The van der Waals surface area contributed by atoms with Gasteiger partial charge in [-0.05, 0) is 51.2 Å². The number of aryl methyl sites for hydroxylation is 2. The zero-order valence-electron chi connectivity index (χ0n) is 16.0. The molecule has 0 fully saturated rings. The summed E-state index contributed by atoms with van der Waals surface area (Å²) in [4.78, 5) is 13.8. The van der Waals surface area contributed by atoms with E-state index in [0.29, 0.717) is 0 Å².